The molecular weight excluding hydrogens is 558 g/mol. The average molecular weight is 604 g/mol. The lowest BCUT2D eigenvalue weighted by molar-refractivity contribution is -0.131. The molecule has 0 heterocycles. The summed E-state index contributed by atoms with van der Waals surface area (Å²) in [6, 6.07) is 3.25. The van der Waals surface area contributed by atoms with E-state index in [1.165, 1.54) is 19.0 Å². The minimum Gasteiger partial charge on any atom is -0.445 e. The van der Waals surface area contributed by atoms with Crippen LogP contribution in [0, 0.1) is 11.8 Å². The molecule has 7 N–H and O–H groups in total. The summed E-state index contributed by atoms with van der Waals surface area (Å²) >= 11 is 0. The maximum atomic E-state index is 13.2. The number of hydrogen-bond acceptors (Lipinski definition) is 7. The molecule has 0 aliphatic carbocycles. The van der Waals surface area contributed by atoms with Crippen molar-refractivity contribution in [2.24, 2.45) is 17.6 Å². The molecule has 0 aromatic heterocycles. The van der Waals surface area contributed by atoms with E-state index < -0.39 is 48.0 Å². The van der Waals surface area contributed by atoms with E-state index in [0.717, 1.165) is 6.08 Å². The van der Waals surface area contributed by atoms with Gasteiger partial charge in [0.2, 0.25) is 23.6 Å². The van der Waals surface area contributed by atoms with E-state index in [1.807, 2.05) is 13.8 Å². The Balaban J connectivity index is 2.91. The van der Waals surface area contributed by atoms with Gasteiger partial charge in [-0.15, -0.1) is 0 Å². The number of nitrogens with two attached hydrogens (primary N) is 1. The lowest BCUT2D eigenvalue weighted by Gasteiger charge is -2.28. The highest BCUT2D eigenvalue weighted by molar-refractivity contribution is 5.99. The van der Waals surface area contributed by atoms with Crippen molar-refractivity contribution in [3.63, 3.8) is 0 Å². The Labute approximate surface area is 252 Å². The average Bonchev–Trinajstić information content (AvgIpc) is 2.95. The third-order valence-electron chi connectivity index (χ3n) is 6.47. The Hall–Kier alpha value is -4.62. The molecule has 0 spiro atoms. The van der Waals surface area contributed by atoms with E-state index in [-0.39, 0.29) is 37.3 Å². The predicted molar refractivity (Wildman–Crippen MR) is 161 cm³/mol. The number of primary amides is 1. The van der Waals surface area contributed by atoms with Gasteiger partial charge in [0.15, 0.2) is 0 Å². The van der Waals surface area contributed by atoms with Crippen LogP contribution in [0.1, 0.15) is 46.1 Å². The molecule has 14 heteroatoms. The number of nitrogens with zero attached hydrogens (tertiary/aromatic N) is 1. The molecule has 43 heavy (non-hydrogen) atoms. The van der Waals surface area contributed by atoms with Crippen LogP contribution in [0.2, 0.25) is 0 Å². The standard InChI is InChI=1S/C29H45N7O7/c1-8-22(37)35-23(17(2)3)26(39)34-21(10-9-15-32-28(30)41)25(38)33-20-13-11-19(12-14-20)16-43-29(42)36(7)24(18(4)5)27(40)31-6/h8,11-14,17-18,21,23-24H,1,9-10,15-16H2,2-7H3,(H,31,40)(H,33,38)(H,34,39)(H,35,37)(H3,30,32,41)/t21-,23-,24?/m0/s1. The molecule has 1 aromatic carbocycles. The molecule has 0 aliphatic rings. The Kier molecular flexibility index (Phi) is 15.3. The Morgan fingerprint density at radius 1 is 0.953 bits per heavy atom. The molecular formula is C29H45N7O7. The van der Waals surface area contributed by atoms with Gasteiger partial charge in [0.1, 0.15) is 24.7 Å². The van der Waals surface area contributed by atoms with Gasteiger partial charge in [0, 0.05) is 26.3 Å². The number of anilines is 1. The van der Waals surface area contributed by atoms with Gasteiger partial charge in [-0.2, -0.15) is 0 Å². The summed E-state index contributed by atoms with van der Waals surface area (Å²) in [6.07, 6.45) is 0.905. The molecule has 1 unspecified atom stereocenters. The number of urea groups is 1. The van der Waals surface area contributed by atoms with E-state index in [0.29, 0.717) is 17.7 Å². The molecule has 0 saturated carbocycles. The fourth-order valence-electron chi connectivity index (χ4n) is 4.14. The maximum absolute atomic E-state index is 13.2. The minimum atomic E-state index is -0.991. The van der Waals surface area contributed by atoms with Gasteiger partial charge >= 0.3 is 12.1 Å². The topological polar surface area (TPSA) is 201 Å². The van der Waals surface area contributed by atoms with E-state index >= 15 is 0 Å². The highest BCUT2D eigenvalue weighted by Gasteiger charge is 2.30. The van der Waals surface area contributed by atoms with Crippen molar-refractivity contribution in [2.75, 3.05) is 26.0 Å². The van der Waals surface area contributed by atoms with Gasteiger partial charge in [0.25, 0.3) is 0 Å². The maximum Gasteiger partial charge on any atom is 0.410 e. The summed E-state index contributed by atoms with van der Waals surface area (Å²) in [5.74, 6) is -2.29. The van der Waals surface area contributed by atoms with Crippen LogP contribution in [-0.2, 0) is 30.5 Å². The zero-order valence-electron chi connectivity index (χ0n) is 25.7. The fraction of sp³-hybridized carbons (Fsp3) is 0.517. The molecule has 0 fully saturated rings. The third kappa shape index (κ3) is 12.4. The number of hydrogen-bond donors (Lipinski definition) is 6. The van der Waals surface area contributed by atoms with Crippen LogP contribution in [0.5, 0.6) is 0 Å². The molecule has 0 saturated heterocycles. The first-order chi connectivity index (χ1) is 20.2. The molecule has 0 aliphatic heterocycles. The fourth-order valence-corrected chi connectivity index (χ4v) is 4.14. The second-order valence-corrected chi connectivity index (χ2v) is 10.6. The van der Waals surface area contributed by atoms with Crippen LogP contribution in [0.25, 0.3) is 0 Å². The first kappa shape index (κ1) is 36.4. The second-order valence-electron chi connectivity index (χ2n) is 10.6. The van der Waals surface area contributed by atoms with Crippen LogP contribution in [0.15, 0.2) is 36.9 Å². The van der Waals surface area contributed by atoms with Gasteiger partial charge < -0.3 is 37.1 Å². The number of nitrogens with one attached hydrogen (secondary N) is 5. The van der Waals surface area contributed by atoms with Crippen molar-refractivity contribution in [2.45, 2.75) is 65.3 Å². The predicted octanol–water partition coefficient (Wildman–Crippen LogP) is 1.22. The van der Waals surface area contributed by atoms with Crippen LogP contribution in [0.3, 0.4) is 0 Å². The van der Waals surface area contributed by atoms with Crippen molar-refractivity contribution in [1.29, 1.82) is 0 Å². The molecule has 1 aromatic rings. The summed E-state index contributed by atoms with van der Waals surface area (Å²) in [7, 11) is 3.00. The summed E-state index contributed by atoms with van der Waals surface area (Å²) in [5.41, 5.74) is 6.16. The summed E-state index contributed by atoms with van der Waals surface area (Å²) in [4.78, 5) is 75.0. The molecule has 238 valence electrons. The van der Waals surface area contributed by atoms with Gasteiger partial charge in [-0.25, -0.2) is 9.59 Å². The summed E-state index contributed by atoms with van der Waals surface area (Å²) in [6.45, 7) is 10.7. The molecule has 0 radical (unpaired) electrons. The monoisotopic (exact) mass is 603 g/mol. The number of carbonyl (C=O) groups excluding carboxylic acids is 6. The highest BCUT2D eigenvalue weighted by Crippen LogP contribution is 2.15. The van der Waals surface area contributed by atoms with E-state index in [2.05, 4.69) is 33.2 Å². The van der Waals surface area contributed by atoms with Crippen molar-refractivity contribution in [3.05, 3.63) is 42.5 Å². The van der Waals surface area contributed by atoms with Crippen molar-refractivity contribution in [3.8, 4) is 0 Å². The largest absolute Gasteiger partial charge is 0.445 e. The Morgan fingerprint density at radius 2 is 1.58 bits per heavy atom. The molecule has 0 bridgehead atoms. The summed E-state index contributed by atoms with van der Waals surface area (Å²) in [5, 5.41) is 13.0. The zero-order chi connectivity index (χ0) is 32.7. The van der Waals surface area contributed by atoms with Crippen LogP contribution < -0.4 is 32.3 Å². The minimum absolute atomic E-state index is 0.0610. The van der Waals surface area contributed by atoms with Crippen molar-refractivity contribution < 1.29 is 33.5 Å². The molecule has 3 atom stereocenters. The normalized spacial score (nSPS) is 12.7. The first-order valence-corrected chi connectivity index (χ1v) is 14.0. The molecule has 7 amide bonds. The van der Waals surface area contributed by atoms with Crippen molar-refractivity contribution >= 4 is 41.4 Å². The zero-order valence-corrected chi connectivity index (χ0v) is 25.7. The molecule has 1 rings (SSSR count). The quantitative estimate of drug-likeness (QED) is 0.120. The van der Waals surface area contributed by atoms with Gasteiger partial charge in [-0.05, 0) is 48.4 Å². The van der Waals surface area contributed by atoms with Crippen LogP contribution in [-0.4, -0.2) is 79.4 Å². The first-order valence-electron chi connectivity index (χ1n) is 14.0. The number of benzene rings is 1. The smallest absolute Gasteiger partial charge is 0.410 e. The lowest BCUT2D eigenvalue weighted by atomic mass is 10.0. The van der Waals surface area contributed by atoms with Gasteiger partial charge in [0.05, 0.1) is 0 Å². The lowest BCUT2D eigenvalue weighted by Crippen LogP contribution is -2.54. The number of likely N-dealkylation sites (N-methyl/N-ethyl adjacent to an activating group) is 2. The number of amides is 7. The SMILES string of the molecule is C=CC(=O)N[C@H](C(=O)N[C@@H](CCCNC(N)=O)C(=O)Nc1ccc(COC(=O)N(C)C(C(=O)NC)C(C)C)cc1)C(C)C. The number of rotatable bonds is 16. The van der Waals surface area contributed by atoms with Gasteiger partial charge in [-0.3, -0.25) is 24.1 Å². The van der Waals surface area contributed by atoms with Gasteiger partial charge in [-0.1, -0.05) is 46.4 Å². The second kappa shape index (κ2) is 18.0. The highest BCUT2D eigenvalue weighted by atomic mass is 16.6. The van der Waals surface area contributed by atoms with E-state index in [9.17, 15) is 28.8 Å². The number of ether oxygens (including phenoxy) is 1. The number of carbonyl (C=O) groups is 6. The Morgan fingerprint density at radius 3 is 2.09 bits per heavy atom. The van der Waals surface area contributed by atoms with Crippen LogP contribution in [0.4, 0.5) is 15.3 Å². The van der Waals surface area contributed by atoms with E-state index in [1.54, 1.807) is 38.1 Å². The van der Waals surface area contributed by atoms with Crippen LogP contribution >= 0.6 is 0 Å². The van der Waals surface area contributed by atoms with E-state index in [4.69, 9.17) is 10.5 Å². The third-order valence-corrected chi connectivity index (χ3v) is 6.47. The summed E-state index contributed by atoms with van der Waals surface area (Å²) < 4.78 is 5.36. The Bertz CT molecular complexity index is 1140. The molecule has 14 nitrogen and oxygen atoms in total. The van der Waals surface area contributed by atoms with Crippen molar-refractivity contribution in [1.82, 2.24) is 26.2 Å².